The van der Waals surface area contributed by atoms with Gasteiger partial charge < -0.3 is 10.6 Å². The second-order valence-electron chi connectivity index (χ2n) is 9.38. The average Bonchev–Trinajstić information content (AvgIpc) is 2.70. The van der Waals surface area contributed by atoms with E-state index in [0.717, 1.165) is 49.0 Å². The van der Waals surface area contributed by atoms with E-state index in [2.05, 4.69) is 21.5 Å². The van der Waals surface area contributed by atoms with Crippen LogP contribution < -0.4 is 21.5 Å². The van der Waals surface area contributed by atoms with Crippen molar-refractivity contribution in [3.05, 3.63) is 35.4 Å². The molecule has 0 aromatic heterocycles. The van der Waals surface area contributed by atoms with Gasteiger partial charge in [0.2, 0.25) is 5.91 Å². The van der Waals surface area contributed by atoms with Crippen LogP contribution in [0.3, 0.4) is 0 Å². The van der Waals surface area contributed by atoms with Gasteiger partial charge in [-0.25, -0.2) is 4.79 Å². The van der Waals surface area contributed by atoms with E-state index in [1.54, 1.807) is 12.1 Å². The standard InChI is InChI=1S/C23H32N4O3/c1-2-15-3-5-19(6-4-15)21(29)27-26-20(28)7-8-24-22(30)25-23-12-16-9-17(13-23)11-18(10-16)14-23/h3-6,16-18H,2,7-14H2,1H3,(H,26,28)(H,27,29)(H2,24,25,30). The Kier molecular flexibility index (Phi) is 5.97. The Bertz CT molecular complexity index is 770. The number of rotatable bonds is 6. The summed E-state index contributed by atoms with van der Waals surface area (Å²) in [5, 5.41) is 6.02. The van der Waals surface area contributed by atoms with Gasteiger partial charge in [-0.2, -0.15) is 0 Å². The summed E-state index contributed by atoms with van der Waals surface area (Å²) in [5.74, 6) is 1.60. The summed E-state index contributed by atoms with van der Waals surface area (Å²) < 4.78 is 0. The normalized spacial score (nSPS) is 28.6. The van der Waals surface area contributed by atoms with E-state index in [4.69, 9.17) is 0 Å². The third-order valence-corrected chi connectivity index (χ3v) is 6.99. The van der Waals surface area contributed by atoms with Crippen molar-refractivity contribution in [2.24, 2.45) is 17.8 Å². The van der Waals surface area contributed by atoms with Crippen LogP contribution in [0.25, 0.3) is 0 Å². The number of hydrogen-bond acceptors (Lipinski definition) is 3. The lowest BCUT2D eigenvalue weighted by Gasteiger charge is -2.56. The lowest BCUT2D eigenvalue weighted by atomic mass is 9.53. The van der Waals surface area contributed by atoms with Crippen molar-refractivity contribution in [1.82, 2.24) is 21.5 Å². The van der Waals surface area contributed by atoms with Gasteiger partial charge in [0.1, 0.15) is 0 Å². The fraction of sp³-hybridized carbons (Fsp3) is 0.609. The highest BCUT2D eigenvalue weighted by Gasteiger charge is 2.51. The van der Waals surface area contributed by atoms with E-state index in [1.165, 1.54) is 19.3 Å². The van der Waals surface area contributed by atoms with Crippen LogP contribution in [0.1, 0.15) is 67.8 Å². The van der Waals surface area contributed by atoms with E-state index in [1.807, 2.05) is 19.1 Å². The van der Waals surface area contributed by atoms with Crippen LogP contribution in [0.4, 0.5) is 4.79 Å². The molecule has 4 amide bonds. The molecule has 7 heteroatoms. The topological polar surface area (TPSA) is 99.3 Å². The maximum atomic E-state index is 12.4. The molecule has 0 atom stereocenters. The number of aryl methyl sites for hydroxylation is 1. The van der Waals surface area contributed by atoms with Crippen LogP contribution in [0, 0.1) is 17.8 Å². The molecule has 162 valence electrons. The molecule has 4 bridgehead atoms. The largest absolute Gasteiger partial charge is 0.338 e. The Labute approximate surface area is 177 Å². The van der Waals surface area contributed by atoms with Gasteiger partial charge in [0.25, 0.3) is 5.91 Å². The van der Waals surface area contributed by atoms with E-state index < -0.39 is 0 Å². The molecule has 0 heterocycles. The van der Waals surface area contributed by atoms with Gasteiger partial charge in [-0.05, 0) is 80.4 Å². The zero-order chi connectivity index (χ0) is 21.1. The van der Waals surface area contributed by atoms with Crippen LogP contribution in [0.5, 0.6) is 0 Å². The van der Waals surface area contributed by atoms with Gasteiger partial charge in [-0.15, -0.1) is 0 Å². The zero-order valence-corrected chi connectivity index (χ0v) is 17.6. The first kappa shape index (κ1) is 20.7. The maximum Gasteiger partial charge on any atom is 0.315 e. The summed E-state index contributed by atoms with van der Waals surface area (Å²) in [6, 6.07) is 7.06. The summed E-state index contributed by atoms with van der Waals surface area (Å²) in [7, 11) is 0. The van der Waals surface area contributed by atoms with Crippen LogP contribution in [0.2, 0.25) is 0 Å². The fourth-order valence-corrected chi connectivity index (χ4v) is 5.99. The van der Waals surface area contributed by atoms with E-state index in [-0.39, 0.29) is 36.3 Å². The molecule has 0 aliphatic heterocycles. The lowest BCUT2D eigenvalue weighted by Crippen LogP contribution is -2.61. The van der Waals surface area contributed by atoms with E-state index in [0.29, 0.717) is 5.56 Å². The summed E-state index contributed by atoms with van der Waals surface area (Å²) in [6.45, 7) is 2.28. The highest BCUT2D eigenvalue weighted by Crippen LogP contribution is 2.55. The van der Waals surface area contributed by atoms with Gasteiger partial charge in [-0.3, -0.25) is 20.4 Å². The van der Waals surface area contributed by atoms with Crippen molar-refractivity contribution in [2.45, 2.75) is 63.8 Å². The Morgan fingerprint density at radius 3 is 2.10 bits per heavy atom. The van der Waals surface area contributed by atoms with Crippen molar-refractivity contribution in [3.63, 3.8) is 0 Å². The molecule has 4 fully saturated rings. The monoisotopic (exact) mass is 412 g/mol. The highest BCUT2D eigenvalue weighted by molar-refractivity contribution is 5.95. The molecule has 0 spiro atoms. The van der Waals surface area contributed by atoms with Crippen molar-refractivity contribution in [2.75, 3.05) is 6.54 Å². The molecule has 4 saturated carbocycles. The number of carbonyl (C=O) groups is 3. The molecular formula is C23H32N4O3. The third-order valence-electron chi connectivity index (χ3n) is 6.99. The maximum absolute atomic E-state index is 12.4. The summed E-state index contributed by atoms with van der Waals surface area (Å²) >= 11 is 0. The minimum absolute atomic E-state index is 0.0393. The molecule has 4 N–H and O–H groups in total. The number of hydrazine groups is 1. The van der Waals surface area contributed by atoms with Gasteiger partial charge >= 0.3 is 6.03 Å². The molecule has 0 radical (unpaired) electrons. The molecule has 4 aliphatic carbocycles. The van der Waals surface area contributed by atoms with Crippen LogP contribution in [-0.4, -0.2) is 29.9 Å². The molecule has 5 rings (SSSR count). The summed E-state index contributed by atoms with van der Waals surface area (Å²) in [6.07, 6.45) is 8.28. The molecular weight excluding hydrogens is 380 g/mol. The van der Waals surface area contributed by atoms with Crippen LogP contribution in [-0.2, 0) is 11.2 Å². The zero-order valence-electron chi connectivity index (χ0n) is 17.6. The second-order valence-corrected chi connectivity index (χ2v) is 9.38. The molecule has 1 aromatic carbocycles. The van der Waals surface area contributed by atoms with E-state index >= 15 is 0 Å². The highest BCUT2D eigenvalue weighted by atomic mass is 16.2. The smallest absolute Gasteiger partial charge is 0.315 e. The van der Waals surface area contributed by atoms with Crippen molar-refractivity contribution >= 4 is 17.8 Å². The summed E-state index contributed by atoms with van der Waals surface area (Å²) in [5.41, 5.74) is 6.40. The van der Waals surface area contributed by atoms with E-state index in [9.17, 15) is 14.4 Å². The lowest BCUT2D eigenvalue weighted by molar-refractivity contribution is -0.121. The third kappa shape index (κ3) is 4.77. The van der Waals surface area contributed by atoms with Crippen LogP contribution >= 0.6 is 0 Å². The Morgan fingerprint density at radius 1 is 0.933 bits per heavy atom. The van der Waals surface area contributed by atoms with Crippen molar-refractivity contribution in [3.8, 4) is 0 Å². The Balaban J connectivity index is 1.15. The van der Waals surface area contributed by atoms with Crippen molar-refractivity contribution in [1.29, 1.82) is 0 Å². The molecule has 7 nitrogen and oxygen atoms in total. The number of urea groups is 1. The molecule has 0 unspecified atom stereocenters. The second kappa shape index (κ2) is 8.66. The SMILES string of the molecule is CCc1ccc(C(=O)NNC(=O)CCNC(=O)NC23CC4CC(CC(C4)C2)C3)cc1. The number of carbonyl (C=O) groups excluding carboxylic acids is 3. The number of nitrogens with one attached hydrogen (secondary N) is 4. The number of benzene rings is 1. The van der Waals surface area contributed by atoms with Gasteiger partial charge in [-0.1, -0.05) is 19.1 Å². The Morgan fingerprint density at radius 2 is 1.53 bits per heavy atom. The van der Waals surface area contributed by atoms with Crippen LogP contribution in [0.15, 0.2) is 24.3 Å². The predicted octanol–water partition coefficient (Wildman–Crippen LogP) is 2.67. The molecule has 1 aromatic rings. The summed E-state index contributed by atoms with van der Waals surface area (Å²) in [4.78, 5) is 36.4. The van der Waals surface area contributed by atoms with Gasteiger partial charge in [0, 0.05) is 24.1 Å². The first-order valence-corrected chi connectivity index (χ1v) is 11.2. The first-order valence-electron chi connectivity index (χ1n) is 11.2. The average molecular weight is 413 g/mol. The molecule has 0 saturated heterocycles. The van der Waals surface area contributed by atoms with Gasteiger partial charge in [0.15, 0.2) is 0 Å². The minimum atomic E-state index is -0.362. The minimum Gasteiger partial charge on any atom is -0.338 e. The van der Waals surface area contributed by atoms with Gasteiger partial charge in [0.05, 0.1) is 0 Å². The first-order chi connectivity index (χ1) is 14.4. The molecule has 4 aliphatic rings. The van der Waals surface area contributed by atoms with Crippen molar-refractivity contribution < 1.29 is 14.4 Å². The Hall–Kier alpha value is -2.57. The predicted molar refractivity (Wildman–Crippen MR) is 113 cm³/mol. The quantitative estimate of drug-likeness (QED) is 0.541. The number of hydrogen-bond donors (Lipinski definition) is 4. The molecule has 30 heavy (non-hydrogen) atoms. The number of amides is 4. The fourth-order valence-electron chi connectivity index (χ4n) is 5.99.